The molecule has 0 saturated carbocycles. The number of amides is 1. The summed E-state index contributed by atoms with van der Waals surface area (Å²) in [6.45, 7) is 2.09. The van der Waals surface area contributed by atoms with Gasteiger partial charge in [-0.25, -0.2) is 0 Å². The summed E-state index contributed by atoms with van der Waals surface area (Å²) < 4.78 is 5.52. The van der Waals surface area contributed by atoms with Gasteiger partial charge in [0.15, 0.2) is 0 Å². The molecule has 1 aromatic heterocycles. The Bertz CT molecular complexity index is 850. The van der Waals surface area contributed by atoms with Crippen LogP contribution in [0.3, 0.4) is 0 Å². The van der Waals surface area contributed by atoms with E-state index in [1.165, 1.54) is 5.56 Å². The summed E-state index contributed by atoms with van der Waals surface area (Å²) in [5, 5.41) is 4.74. The SMILES string of the molecule is CCc1ccc2occ(CC(=O)Nc3cc(Cl)cc(Cl)c3)c2c1. The van der Waals surface area contributed by atoms with Crippen molar-refractivity contribution in [1.82, 2.24) is 0 Å². The molecule has 0 atom stereocenters. The Labute approximate surface area is 144 Å². The van der Waals surface area contributed by atoms with Gasteiger partial charge in [-0.3, -0.25) is 4.79 Å². The van der Waals surface area contributed by atoms with Crippen molar-refractivity contribution >= 4 is 45.8 Å². The fraction of sp³-hybridized carbons (Fsp3) is 0.167. The van der Waals surface area contributed by atoms with Crippen molar-refractivity contribution in [3.8, 4) is 0 Å². The molecule has 0 aliphatic carbocycles. The summed E-state index contributed by atoms with van der Waals surface area (Å²) in [7, 11) is 0. The van der Waals surface area contributed by atoms with E-state index < -0.39 is 0 Å². The summed E-state index contributed by atoms with van der Waals surface area (Å²) in [5.74, 6) is -0.145. The Kier molecular flexibility index (Phi) is 4.60. The van der Waals surface area contributed by atoms with E-state index in [2.05, 4.69) is 18.3 Å². The molecule has 1 amide bonds. The Morgan fingerprint density at radius 3 is 2.57 bits per heavy atom. The molecular weight excluding hydrogens is 333 g/mol. The van der Waals surface area contributed by atoms with Gasteiger partial charge in [-0.15, -0.1) is 0 Å². The molecule has 3 aromatic rings. The van der Waals surface area contributed by atoms with Gasteiger partial charge in [-0.2, -0.15) is 0 Å². The Morgan fingerprint density at radius 1 is 1.13 bits per heavy atom. The van der Waals surface area contributed by atoms with Crippen molar-refractivity contribution in [1.29, 1.82) is 0 Å². The number of carbonyl (C=O) groups is 1. The van der Waals surface area contributed by atoms with Gasteiger partial charge in [0.25, 0.3) is 0 Å². The van der Waals surface area contributed by atoms with Crippen LogP contribution >= 0.6 is 23.2 Å². The number of carbonyl (C=O) groups excluding carboxylic acids is 1. The first-order chi connectivity index (χ1) is 11.0. The predicted molar refractivity (Wildman–Crippen MR) is 94.4 cm³/mol. The van der Waals surface area contributed by atoms with E-state index in [1.807, 2.05) is 12.1 Å². The van der Waals surface area contributed by atoms with Crippen LogP contribution in [-0.2, 0) is 17.6 Å². The van der Waals surface area contributed by atoms with Gasteiger partial charge in [-0.05, 0) is 42.3 Å². The Morgan fingerprint density at radius 2 is 1.87 bits per heavy atom. The Balaban J connectivity index is 1.80. The van der Waals surface area contributed by atoms with Crippen LogP contribution in [0, 0.1) is 0 Å². The number of hydrogen-bond acceptors (Lipinski definition) is 2. The highest BCUT2D eigenvalue weighted by atomic mass is 35.5. The van der Waals surface area contributed by atoms with Crippen LogP contribution in [0.4, 0.5) is 5.69 Å². The lowest BCUT2D eigenvalue weighted by Gasteiger charge is -2.06. The molecule has 0 bridgehead atoms. The van der Waals surface area contributed by atoms with Gasteiger partial charge >= 0.3 is 0 Å². The molecule has 0 radical (unpaired) electrons. The van der Waals surface area contributed by atoms with Crippen LogP contribution in [-0.4, -0.2) is 5.91 Å². The average molecular weight is 348 g/mol. The van der Waals surface area contributed by atoms with Crippen LogP contribution in [0.5, 0.6) is 0 Å². The van der Waals surface area contributed by atoms with Crippen molar-refractivity contribution in [2.75, 3.05) is 5.32 Å². The number of nitrogens with one attached hydrogen (secondary N) is 1. The highest BCUT2D eigenvalue weighted by Crippen LogP contribution is 2.25. The van der Waals surface area contributed by atoms with Crippen molar-refractivity contribution in [3.05, 3.63) is 63.8 Å². The van der Waals surface area contributed by atoms with Gasteiger partial charge in [0.2, 0.25) is 5.91 Å². The summed E-state index contributed by atoms with van der Waals surface area (Å²) >= 11 is 11.9. The standard InChI is InChI=1S/C18H15Cl2NO2/c1-2-11-3-4-17-16(5-11)12(10-23-17)6-18(22)21-15-8-13(19)7-14(20)9-15/h3-5,7-10H,2,6H2,1H3,(H,21,22). The quantitative estimate of drug-likeness (QED) is 0.678. The molecular formula is C18H15Cl2NO2. The predicted octanol–water partition coefficient (Wildman–Crippen LogP) is 5.48. The Hall–Kier alpha value is -1.97. The second kappa shape index (κ2) is 6.65. The molecule has 1 N–H and O–H groups in total. The second-order valence-corrected chi connectivity index (χ2v) is 6.20. The maximum absolute atomic E-state index is 12.3. The first-order valence-corrected chi connectivity index (χ1v) is 8.05. The lowest BCUT2D eigenvalue weighted by molar-refractivity contribution is -0.115. The maximum Gasteiger partial charge on any atom is 0.228 e. The second-order valence-electron chi connectivity index (χ2n) is 5.33. The highest BCUT2D eigenvalue weighted by Gasteiger charge is 2.11. The number of furan rings is 1. The van der Waals surface area contributed by atoms with Gasteiger partial charge in [0.1, 0.15) is 5.58 Å². The maximum atomic E-state index is 12.3. The van der Waals surface area contributed by atoms with E-state index in [9.17, 15) is 4.79 Å². The normalized spacial score (nSPS) is 10.9. The van der Waals surface area contributed by atoms with Crippen molar-refractivity contribution in [2.24, 2.45) is 0 Å². The number of fused-ring (bicyclic) bond motifs is 1. The van der Waals surface area contributed by atoms with Gasteiger partial charge in [-0.1, -0.05) is 36.2 Å². The molecule has 0 spiro atoms. The van der Waals surface area contributed by atoms with Crippen LogP contribution in [0.2, 0.25) is 10.0 Å². The third kappa shape index (κ3) is 3.69. The minimum atomic E-state index is -0.145. The van der Waals surface area contributed by atoms with E-state index in [1.54, 1.807) is 24.5 Å². The fourth-order valence-corrected chi connectivity index (χ4v) is 3.02. The largest absolute Gasteiger partial charge is 0.464 e. The molecule has 3 nitrogen and oxygen atoms in total. The highest BCUT2D eigenvalue weighted by molar-refractivity contribution is 6.35. The van der Waals surface area contributed by atoms with Crippen molar-refractivity contribution < 1.29 is 9.21 Å². The molecule has 3 rings (SSSR count). The number of halogens is 2. The molecule has 0 fully saturated rings. The molecule has 2 aromatic carbocycles. The first-order valence-electron chi connectivity index (χ1n) is 7.30. The zero-order valence-corrected chi connectivity index (χ0v) is 14.0. The van der Waals surface area contributed by atoms with E-state index in [4.69, 9.17) is 27.6 Å². The van der Waals surface area contributed by atoms with Gasteiger partial charge in [0.05, 0.1) is 12.7 Å². The number of aryl methyl sites for hydroxylation is 1. The zero-order chi connectivity index (χ0) is 16.4. The van der Waals surface area contributed by atoms with Crippen molar-refractivity contribution in [2.45, 2.75) is 19.8 Å². The smallest absolute Gasteiger partial charge is 0.228 e. The number of anilines is 1. The zero-order valence-electron chi connectivity index (χ0n) is 12.5. The lowest BCUT2D eigenvalue weighted by atomic mass is 10.1. The summed E-state index contributed by atoms with van der Waals surface area (Å²) in [5.41, 5.74) is 3.44. The minimum Gasteiger partial charge on any atom is -0.464 e. The van der Waals surface area contributed by atoms with Gasteiger partial charge in [0, 0.05) is 26.7 Å². The molecule has 0 aliphatic heterocycles. The third-order valence-electron chi connectivity index (χ3n) is 3.62. The molecule has 0 saturated heterocycles. The van der Waals surface area contributed by atoms with Crippen LogP contribution in [0.1, 0.15) is 18.1 Å². The van der Waals surface area contributed by atoms with E-state index in [0.29, 0.717) is 15.7 Å². The monoisotopic (exact) mass is 347 g/mol. The minimum absolute atomic E-state index is 0.145. The van der Waals surface area contributed by atoms with Crippen LogP contribution in [0.25, 0.3) is 11.0 Å². The lowest BCUT2D eigenvalue weighted by Crippen LogP contribution is -2.14. The van der Waals surface area contributed by atoms with Crippen LogP contribution in [0.15, 0.2) is 47.1 Å². The summed E-state index contributed by atoms with van der Waals surface area (Å²) in [6, 6.07) is 11.0. The first kappa shape index (κ1) is 15.9. The van der Waals surface area contributed by atoms with Gasteiger partial charge < -0.3 is 9.73 Å². The molecule has 118 valence electrons. The fourth-order valence-electron chi connectivity index (χ4n) is 2.49. The van der Waals surface area contributed by atoms with Crippen molar-refractivity contribution in [3.63, 3.8) is 0 Å². The molecule has 23 heavy (non-hydrogen) atoms. The topological polar surface area (TPSA) is 42.2 Å². The molecule has 0 aliphatic rings. The molecule has 5 heteroatoms. The summed E-state index contributed by atoms with van der Waals surface area (Å²) in [6.07, 6.45) is 2.80. The van der Waals surface area contributed by atoms with E-state index >= 15 is 0 Å². The number of hydrogen-bond donors (Lipinski definition) is 1. The van der Waals surface area contributed by atoms with E-state index in [0.717, 1.165) is 23.0 Å². The summed E-state index contributed by atoms with van der Waals surface area (Å²) in [4.78, 5) is 12.3. The molecule has 0 unspecified atom stereocenters. The number of rotatable bonds is 4. The average Bonchev–Trinajstić information content (AvgIpc) is 2.88. The third-order valence-corrected chi connectivity index (χ3v) is 4.06. The van der Waals surface area contributed by atoms with E-state index in [-0.39, 0.29) is 12.3 Å². The molecule has 1 heterocycles. The van der Waals surface area contributed by atoms with Crippen LogP contribution < -0.4 is 5.32 Å². The number of benzene rings is 2.